The van der Waals surface area contributed by atoms with Crippen LogP contribution in [-0.2, 0) is 0 Å². The Kier molecular flexibility index (Phi) is 5.82. The first-order valence-corrected chi connectivity index (χ1v) is 12.6. The number of aromatic nitrogens is 5. The maximum Gasteiger partial charge on any atom is 0.253 e. The lowest BCUT2D eigenvalue weighted by molar-refractivity contribution is 0.197. The van der Waals surface area contributed by atoms with Crippen molar-refractivity contribution in [1.29, 1.82) is 0 Å². The van der Waals surface area contributed by atoms with Crippen LogP contribution >= 0.6 is 0 Å². The number of piperazine rings is 1. The molecule has 3 heterocycles. The van der Waals surface area contributed by atoms with Crippen LogP contribution in [0.25, 0.3) is 10.9 Å². The number of nitrogens with one attached hydrogen (secondary N) is 1. The fourth-order valence-electron chi connectivity index (χ4n) is 5.77. The van der Waals surface area contributed by atoms with E-state index in [4.69, 9.17) is 0 Å². The highest BCUT2D eigenvalue weighted by atomic mass is 16.1. The number of benzene rings is 2. The van der Waals surface area contributed by atoms with Crippen molar-refractivity contribution in [2.75, 3.05) is 31.1 Å². The van der Waals surface area contributed by atoms with Crippen LogP contribution in [0.15, 0.2) is 59.4 Å². The largest absolute Gasteiger partial charge is 0.369 e. The van der Waals surface area contributed by atoms with Gasteiger partial charge in [0.2, 0.25) is 0 Å². The van der Waals surface area contributed by atoms with E-state index in [0.29, 0.717) is 11.6 Å². The van der Waals surface area contributed by atoms with Crippen molar-refractivity contribution in [3.05, 3.63) is 81.9 Å². The predicted octanol–water partition coefficient (Wildman–Crippen LogP) is 3.85. The van der Waals surface area contributed by atoms with Crippen LogP contribution in [0, 0.1) is 6.92 Å². The number of nitrogens with zero attached hydrogens (tertiary/aromatic N) is 6. The molecule has 0 radical (unpaired) electrons. The van der Waals surface area contributed by atoms with Gasteiger partial charge in [-0.2, -0.15) is 0 Å². The minimum absolute atomic E-state index is 0.0664. The van der Waals surface area contributed by atoms with E-state index < -0.39 is 0 Å². The van der Waals surface area contributed by atoms with Gasteiger partial charge in [0, 0.05) is 37.4 Å². The molecule has 1 aliphatic heterocycles. The summed E-state index contributed by atoms with van der Waals surface area (Å²) in [7, 11) is 0. The normalized spacial score (nSPS) is 18.4. The number of pyridine rings is 1. The average molecular weight is 470 g/mol. The highest BCUT2D eigenvalue weighted by molar-refractivity contribution is 5.82. The van der Waals surface area contributed by atoms with Crippen LogP contribution < -0.4 is 10.5 Å². The number of hydrogen-bond donors (Lipinski definition) is 1. The zero-order valence-corrected chi connectivity index (χ0v) is 20.1. The number of para-hydroxylation sites is 2. The summed E-state index contributed by atoms with van der Waals surface area (Å²) in [6.07, 6.45) is 4.56. The fourth-order valence-corrected chi connectivity index (χ4v) is 5.77. The molecule has 1 N–H and O–H groups in total. The van der Waals surface area contributed by atoms with Crippen molar-refractivity contribution in [2.45, 2.75) is 44.7 Å². The number of H-pyrrole nitrogens is 1. The highest BCUT2D eigenvalue weighted by Gasteiger charge is 2.34. The maximum absolute atomic E-state index is 13.5. The van der Waals surface area contributed by atoms with Crippen LogP contribution in [-0.4, -0.2) is 56.3 Å². The molecular formula is C27H31N7O. The van der Waals surface area contributed by atoms with Crippen molar-refractivity contribution >= 4 is 16.6 Å². The van der Waals surface area contributed by atoms with E-state index in [1.807, 2.05) is 35.9 Å². The molecule has 1 aliphatic carbocycles. The molecular weight excluding hydrogens is 438 g/mol. The molecule has 35 heavy (non-hydrogen) atoms. The number of anilines is 1. The lowest BCUT2D eigenvalue weighted by atomic mass is 10.0. The van der Waals surface area contributed by atoms with Crippen molar-refractivity contribution < 1.29 is 0 Å². The molecule has 1 saturated carbocycles. The van der Waals surface area contributed by atoms with E-state index in [1.54, 1.807) is 0 Å². The molecule has 0 bridgehead atoms. The molecule has 2 aromatic heterocycles. The first-order valence-electron chi connectivity index (χ1n) is 12.6. The van der Waals surface area contributed by atoms with E-state index in [1.165, 1.54) is 18.5 Å². The molecule has 6 rings (SSSR count). The SMILES string of the molecule is Cc1cccc2cc(C(c3nnnn3C3CCCC3)N3CCN(c4ccccc4)CC3)c(=O)[nH]c12. The van der Waals surface area contributed by atoms with Gasteiger partial charge in [0.1, 0.15) is 6.04 Å². The first-order chi connectivity index (χ1) is 17.2. The van der Waals surface area contributed by atoms with Crippen molar-refractivity contribution in [1.82, 2.24) is 30.1 Å². The lowest BCUT2D eigenvalue weighted by Crippen LogP contribution is -2.49. The predicted molar refractivity (Wildman–Crippen MR) is 137 cm³/mol. The van der Waals surface area contributed by atoms with E-state index in [-0.39, 0.29) is 11.6 Å². The quantitative estimate of drug-likeness (QED) is 0.478. The van der Waals surface area contributed by atoms with Crippen LogP contribution in [0.3, 0.4) is 0 Å². The Hall–Kier alpha value is -3.52. The smallest absolute Gasteiger partial charge is 0.253 e. The van der Waals surface area contributed by atoms with Gasteiger partial charge in [0.25, 0.3) is 5.56 Å². The highest BCUT2D eigenvalue weighted by Crippen LogP contribution is 2.34. The van der Waals surface area contributed by atoms with Gasteiger partial charge in [0.05, 0.1) is 11.6 Å². The van der Waals surface area contributed by atoms with Crippen LogP contribution in [0.2, 0.25) is 0 Å². The lowest BCUT2D eigenvalue weighted by Gasteiger charge is -2.39. The van der Waals surface area contributed by atoms with Gasteiger partial charge in [-0.05, 0) is 59.3 Å². The van der Waals surface area contributed by atoms with Crippen LogP contribution in [0.5, 0.6) is 0 Å². The zero-order chi connectivity index (χ0) is 23.8. The third-order valence-electron chi connectivity index (χ3n) is 7.65. The average Bonchev–Trinajstić information content (AvgIpc) is 3.59. The van der Waals surface area contributed by atoms with E-state index in [0.717, 1.165) is 61.3 Å². The van der Waals surface area contributed by atoms with Gasteiger partial charge >= 0.3 is 0 Å². The van der Waals surface area contributed by atoms with Crippen LogP contribution in [0.4, 0.5) is 5.69 Å². The second-order valence-corrected chi connectivity index (χ2v) is 9.77. The fraction of sp³-hybridized carbons (Fsp3) is 0.407. The summed E-state index contributed by atoms with van der Waals surface area (Å²) >= 11 is 0. The zero-order valence-electron chi connectivity index (χ0n) is 20.1. The summed E-state index contributed by atoms with van der Waals surface area (Å²) < 4.78 is 2.00. The number of hydrogen-bond acceptors (Lipinski definition) is 6. The molecule has 8 heteroatoms. The summed E-state index contributed by atoms with van der Waals surface area (Å²) in [4.78, 5) is 21.5. The topological polar surface area (TPSA) is 82.9 Å². The summed E-state index contributed by atoms with van der Waals surface area (Å²) in [5.41, 5.74) is 3.84. The molecule has 0 spiro atoms. The van der Waals surface area contributed by atoms with Gasteiger partial charge in [0.15, 0.2) is 5.82 Å². The third kappa shape index (κ3) is 4.12. The van der Waals surface area contributed by atoms with Crippen molar-refractivity contribution in [2.24, 2.45) is 0 Å². The molecule has 2 aliphatic rings. The van der Waals surface area contributed by atoms with E-state index in [2.05, 4.69) is 60.6 Å². The van der Waals surface area contributed by atoms with E-state index in [9.17, 15) is 4.79 Å². The summed E-state index contributed by atoms with van der Waals surface area (Å²) in [5.74, 6) is 0.780. The molecule has 2 fully saturated rings. The van der Waals surface area contributed by atoms with Gasteiger partial charge in [-0.1, -0.05) is 49.2 Å². The molecule has 1 unspecified atom stereocenters. The minimum Gasteiger partial charge on any atom is -0.369 e. The van der Waals surface area contributed by atoms with Crippen molar-refractivity contribution in [3.63, 3.8) is 0 Å². The monoisotopic (exact) mass is 469 g/mol. The molecule has 4 aromatic rings. The Labute approximate surface area is 204 Å². The standard InChI is InChI=1S/C27H31N7O/c1-19-8-7-9-20-18-23(27(35)28-24(19)20)25(26-29-30-31-34(26)22-12-5-6-13-22)33-16-14-32(15-17-33)21-10-3-2-4-11-21/h2-4,7-11,18,22,25H,5-6,12-17H2,1H3,(H,28,35). The Bertz CT molecular complexity index is 1370. The molecule has 2 aromatic carbocycles. The number of aromatic amines is 1. The minimum atomic E-state index is -0.294. The maximum atomic E-state index is 13.5. The van der Waals surface area contributed by atoms with Gasteiger partial charge in [-0.15, -0.1) is 5.10 Å². The molecule has 8 nitrogen and oxygen atoms in total. The first kappa shape index (κ1) is 22.0. The second-order valence-electron chi connectivity index (χ2n) is 9.77. The Morgan fingerprint density at radius 2 is 1.74 bits per heavy atom. The Balaban J connectivity index is 1.40. The summed E-state index contributed by atoms with van der Waals surface area (Å²) in [5, 5.41) is 14.1. The molecule has 1 saturated heterocycles. The van der Waals surface area contributed by atoms with Gasteiger partial charge < -0.3 is 9.88 Å². The molecule has 1 atom stereocenters. The molecule has 0 amide bonds. The third-order valence-corrected chi connectivity index (χ3v) is 7.65. The van der Waals surface area contributed by atoms with E-state index >= 15 is 0 Å². The van der Waals surface area contributed by atoms with Gasteiger partial charge in [-0.25, -0.2) is 4.68 Å². The number of rotatable bonds is 5. The Morgan fingerprint density at radius 3 is 2.51 bits per heavy atom. The summed E-state index contributed by atoms with van der Waals surface area (Å²) in [6.45, 7) is 5.44. The van der Waals surface area contributed by atoms with Crippen molar-refractivity contribution in [3.8, 4) is 0 Å². The summed E-state index contributed by atoms with van der Waals surface area (Å²) in [6, 6.07) is 18.7. The number of aryl methyl sites for hydroxylation is 1. The number of tetrazole rings is 1. The number of fused-ring (bicyclic) bond motifs is 1. The molecule has 180 valence electrons. The Morgan fingerprint density at radius 1 is 0.971 bits per heavy atom. The second kappa shape index (κ2) is 9.26. The van der Waals surface area contributed by atoms with Gasteiger partial charge in [-0.3, -0.25) is 9.69 Å². The van der Waals surface area contributed by atoms with Crippen LogP contribution in [0.1, 0.15) is 54.7 Å².